The highest BCUT2D eigenvalue weighted by molar-refractivity contribution is 6.26. The fourth-order valence-electron chi connectivity index (χ4n) is 14.3. The van der Waals surface area contributed by atoms with Gasteiger partial charge in [0.05, 0.1) is 16.8 Å². The normalized spacial score (nSPS) is 14.1. The van der Waals surface area contributed by atoms with Crippen LogP contribution in [0.25, 0.3) is 98.4 Å². The monoisotopic (exact) mass is 925 g/mol. The molecular formula is C72H47N. The Labute approximate surface area is 424 Å². The van der Waals surface area contributed by atoms with Crippen LogP contribution in [0.2, 0.25) is 0 Å². The van der Waals surface area contributed by atoms with Crippen LogP contribution in [-0.2, 0) is 10.8 Å². The van der Waals surface area contributed by atoms with E-state index >= 15 is 0 Å². The smallest absolute Gasteiger partial charge is 0.0726 e. The van der Waals surface area contributed by atoms with Crippen molar-refractivity contribution in [3.05, 3.63) is 282 Å². The van der Waals surface area contributed by atoms with Crippen molar-refractivity contribution in [2.45, 2.75) is 24.7 Å². The minimum atomic E-state index is -0.545. The molecule has 0 fully saturated rings. The van der Waals surface area contributed by atoms with Crippen molar-refractivity contribution in [1.29, 1.82) is 0 Å². The molecule has 1 heteroatoms. The summed E-state index contributed by atoms with van der Waals surface area (Å²) in [4.78, 5) is 2.67. The molecule has 16 rings (SSSR count). The van der Waals surface area contributed by atoms with E-state index in [1.54, 1.807) is 0 Å². The lowest BCUT2D eigenvalue weighted by atomic mass is 9.70. The topological polar surface area (TPSA) is 3.24 Å². The molecule has 0 saturated heterocycles. The molecular weight excluding hydrogens is 879 g/mol. The summed E-state index contributed by atoms with van der Waals surface area (Å²) in [5.41, 5.74) is 20.8. The van der Waals surface area contributed by atoms with Crippen LogP contribution < -0.4 is 4.90 Å². The van der Waals surface area contributed by atoms with Crippen molar-refractivity contribution in [3.63, 3.8) is 0 Å². The van der Waals surface area contributed by atoms with Gasteiger partial charge < -0.3 is 4.90 Å². The highest BCUT2D eigenvalue weighted by atomic mass is 15.1. The number of benzene rings is 13. The van der Waals surface area contributed by atoms with Crippen LogP contribution in [-0.4, -0.2) is 0 Å². The van der Waals surface area contributed by atoms with E-state index in [9.17, 15) is 0 Å². The first-order chi connectivity index (χ1) is 36.0. The molecule has 13 aromatic rings. The largest absolute Gasteiger partial charge is 0.310 e. The first-order valence-electron chi connectivity index (χ1n) is 25.8. The molecule has 0 aliphatic heterocycles. The second kappa shape index (κ2) is 14.8. The third-order valence-electron chi connectivity index (χ3n) is 17.2. The van der Waals surface area contributed by atoms with E-state index in [0.717, 1.165) is 11.4 Å². The minimum Gasteiger partial charge on any atom is -0.310 e. The molecule has 0 aromatic heterocycles. The molecule has 3 aliphatic rings. The lowest BCUT2D eigenvalue weighted by molar-refractivity contribution is 0.661. The van der Waals surface area contributed by atoms with Crippen molar-refractivity contribution < 1.29 is 0 Å². The molecule has 13 aromatic carbocycles. The van der Waals surface area contributed by atoms with Gasteiger partial charge in [-0.25, -0.2) is 0 Å². The summed E-state index contributed by atoms with van der Waals surface area (Å²) < 4.78 is 0. The second-order valence-corrected chi connectivity index (χ2v) is 21.0. The zero-order valence-corrected chi connectivity index (χ0v) is 40.6. The summed E-state index contributed by atoms with van der Waals surface area (Å²) in [6.07, 6.45) is 0. The lowest BCUT2D eigenvalue weighted by Crippen LogP contribution is -2.26. The Bertz CT molecular complexity index is 4470. The molecule has 0 N–H and O–H groups in total. The number of hydrogen-bond donors (Lipinski definition) is 0. The minimum absolute atomic E-state index is 0.298. The summed E-state index contributed by atoms with van der Waals surface area (Å²) in [7, 11) is 0. The Balaban J connectivity index is 1.10. The van der Waals surface area contributed by atoms with E-state index in [1.807, 2.05) is 0 Å². The fraction of sp³-hybridized carbons (Fsp3) is 0.0556. The summed E-state index contributed by atoms with van der Waals surface area (Å²) in [5.74, 6) is 0. The standard InChI is InChI=1S/C72H47N/c1-71(2)63-33-15-11-30-56(63)58-32-19-37-68(70(58)71)73(45-38-39-53-50-25-7-6-23-48(50)49-24-8-10-27-52(49)60(53)41-45)69-43-67-61(42-62(69)59-40-44-20-3-4-21-46(44)47-22-5-9-26-51(47)59)57-31-14-18-36-66(57)72(67)64-34-16-12-28-54(64)55-29-13-17-35-65(55)72/h3-43H,1-2H3. The van der Waals surface area contributed by atoms with Crippen LogP contribution in [0.5, 0.6) is 0 Å². The zero-order valence-electron chi connectivity index (χ0n) is 40.6. The first kappa shape index (κ1) is 40.7. The van der Waals surface area contributed by atoms with Crippen LogP contribution in [0.15, 0.2) is 249 Å². The van der Waals surface area contributed by atoms with E-state index < -0.39 is 5.41 Å². The van der Waals surface area contributed by atoms with Crippen molar-refractivity contribution >= 4 is 70.9 Å². The van der Waals surface area contributed by atoms with Crippen LogP contribution >= 0.6 is 0 Å². The Hall–Kier alpha value is -9.04. The molecule has 0 unspecified atom stereocenters. The molecule has 0 saturated carbocycles. The number of anilines is 3. The number of nitrogens with zero attached hydrogens (tertiary/aromatic N) is 1. The molecule has 0 atom stereocenters. The lowest BCUT2D eigenvalue weighted by Gasteiger charge is -2.36. The quantitative estimate of drug-likeness (QED) is 0.159. The average molecular weight is 926 g/mol. The van der Waals surface area contributed by atoms with Gasteiger partial charge in [-0.2, -0.15) is 0 Å². The maximum Gasteiger partial charge on any atom is 0.0726 e. The van der Waals surface area contributed by atoms with Gasteiger partial charge in [-0.15, -0.1) is 0 Å². The van der Waals surface area contributed by atoms with Gasteiger partial charge in [-0.1, -0.05) is 226 Å². The van der Waals surface area contributed by atoms with Crippen LogP contribution in [0, 0.1) is 0 Å². The van der Waals surface area contributed by atoms with Crippen LogP contribution in [0.1, 0.15) is 47.2 Å². The SMILES string of the molecule is CC1(C)c2ccccc2-c2cccc(N(c3ccc4c5ccccc5c5ccccc5c4c3)c3cc4c(cc3-c3cc5ccccc5c5ccccc35)-c3ccccc3C43c4ccccc4-c4ccccc43)c21. The maximum atomic E-state index is 2.67. The number of hydrogen-bond acceptors (Lipinski definition) is 1. The zero-order chi connectivity index (χ0) is 48.2. The molecule has 340 valence electrons. The molecule has 0 amide bonds. The van der Waals surface area contributed by atoms with E-state index in [2.05, 4.69) is 267 Å². The van der Waals surface area contributed by atoms with Gasteiger partial charge in [0.15, 0.2) is 0 Å². The Kier molecular flexibility index (Phi) is 8.22. The van der Waals surface area contributed by atoms with Crippen molar-refractivity contribution in [2.75, 3.05) is 4.90 Å². The van der Waals surface area contributed by atoms with Gasteiger partial charge in [0.1, 0.15) is 0 Å². The highest BCUT2D eigenvalue weighted by Crippen LogP contribution is 2.65. The van der Waals surface area contributed by atoms with Gasteiger partial charge in [0.25, 0.3) is 0 Å². The van der Waals surface area contributed by atoms with Gasteiger partial charge in [-0.3, -0.25) is 0 Å². The molecule has 0 heterocycles. The molecule has 3 aliphatic carbocycles. The summed E-state index contributed by atoms with van der Waals surface area (Å²) in [6, 6.07) is 94.6. The molecule has 1 spiro atoms. The van der Waals surface area contributed by atoms with Gasteiger partial charge in [0, 0.05) is 16.7 Å². The summed E-state index contributed by atoms with van der Waals surface area (Å²) in [5, 5.41) is 12.6. The van der Waals surface area contributed by atoms with Crippen LogP contribution in [0.4, 0.5) is 17.1 Å². The number of rotatable bonds is 4. The Morgan fingerprint density at radius 2 is 0.712 bits per heavy atom. The number of fused-ring (bicyclic) bond motifs is 22. The molecule has 0 bridgehead atoms. The van der Waals surface area contributed by atoms with Crippen molar-refractivity contribution in [2.24, 2.45) is 0 Å². The molecule has 0 radical (unpaired) electrons. The van der Waals surface area contributed by atoms with Gasteiger partial charge >= 0.3 is 0 Å². The third-order valence-corrected chi connectivity index (χ3v) is 17.2. The van der Waals surface area contributed by atoms with E-state index in [-0.39, 0.29) is 5.41 Å². The third kappa shape index (κ3) is 5.31. The van der Waals surface area contributed by atoms with Crippen LogP contribution in [0.3, 0.4) is 0 Å². The maximum absolute atomic E-state index is 2.67. The van der Waals surface area contributed by atoms with E-state index in [0.29, 0.717) is 0 Å². The van der Waals surface area contributed by atoms with Gasteiger partial charge in [-0.05, 0) is 163 Å². The van der Waals surface area contributed by atoms with Crippen molar-refractivity contribution in [3.8, 4) is 44.5 Å². The van der Waals surface area contributed by atoms with Gasteiger partial charge in [0.2, 0.25) is 0 Å². The predicted octanol–water partition coefficient (Wildman–Crippen LogP) is 19.2. The fourth-order valence-corrected chi connectivity index (χ4v) is 14.3. The first-order valence-corrected chi connectivity index (χ1v) is 25.8. The molecule has 1 nitrogen and oxygen atoms in total. The summed E-state index contributed by atoms with van der Waals surface area (Å²) in [6.45, 7) is 4.86. The highest BCUT2D eigenvalue weighted by Gasteiger charge is 2.52. The molecule has 73 heavy (non-hydrogen) atoms. The van der Waals surface area contributed by atoms with Crippen molar-refractivity contribution in [1.82, 2.24) is 0 Å². The van der Waals surface area contributed by atoms with E-state index in [1.165, 1.54) is 137 Å². The Morgan fingerprint density at radius 3 is 1.33 bits per heavy atom. The average Bonchev–Trinajstić information content (AvgIpc) is 4.01. The summed E-state index contributed by atoms with van der Waals surface area (Å²) >= 11 is 0. The Morgan fingerprint density at radius 1 is 0.260 bits per heavy atom. The van der Waals surface area contributed by atoms with E-state index in [4.69, 9.17) is 0 Å². The predicted molar refractivity (Wildman–Crippen MR) is 308 cm³/mol. The second-order valence-electron chi connectivity index (χ2n) is 21.0.